The van der Waals surface area contributed by atoms with Crippen LogP contribution in [0.25, 0.3) is 0 Å². The normalized spacial score (nSPS) is 17.7. The van der Waals surface area contributed by atoms with Gasteiger partial charge in [0.2, 0.25) is 5.91 Å². The topological polar surface area (TPSA) is 62.7 Å². The minimum Gasteiger partial charge on any atom is -0.487 e. The van der Waals surface area contributed by atoms with Crippen LogP contribution in [0.5, 0.6) is 5.75 Å². The van der Waals surface area contributed by atoms with Crippen LogP contribution < -0.4 is 4.74 Å². The number of carbonyl (C=O) groups is 2. The van der Waals surface area contributed by atoms with Crippen molar-refractivity contribution in [1.29, 1.82) is 0 Å². The second-order valence-corrected chi connectivity index (χ2v) is 8.11. The average molecular weight is 400 g/mol. The summed E-state index contributed by atoms with van der Waals surface area (Å²) in [5.41, 5.74) is 3.27. The predicted molar refractivity (Wildman–Crippen MR) is 107 cm³/mol. The van der Waals surface area contributed by atoms with Gasteiger partial charge in [-0.2, -0.15) is 0 Å². The van der Waals surface area contributed by atoms with Crippen LogP contribution in [0.1, 0.15) is 41.7 Å². The lowest BCUT2D eigenvalue weighted by molar-refractivity contribution is -0.136. The van der Waals surface area contributed by atoms with Gasteiger partial charge in [0.1, 0.15) is 12.4 Å². The Hall–Kier alpha value is -2.41. The first-order chi connectivity index (χ1) is 13.7. The zero-order valence-electron chi connectivity index (χ0n) is 15.9. The Morgan fingerprint density at radius 1 is 1.11 bits per heavy atom. The molecule has 148 valence electrons. The molecule has 0 unspecified atom stereocenters. The van der Waals surface area contributed by atoms with Crippen LogP contribution in [-0.2, 0) is 11.4 Å². The molecule has 0 N–H and O–H groups in total. The van der Waals surface area contributed by atoms with E-state index >= 15 is 0 Å². The first-order valence-corrected chi connectivity index (χ1v) is 10.8. The number of ether oxygens (including phenoxy) is 1. The lowest BCUT2D eigenvalue weighted by Gasteiger charge is -2.36. The molecule has 1 aliphatic carbocycles. The Balaban J connectivity index is 1.32. The molecule has 1 saturated carbocycles. The molecule has 2 aliphatic rings. The quantitative estimate of drug-likeness (QED) is 0.775. The average Bonchev–Trinajstić information content (AvgIpc) is 3.46. The molecule has 2 fully saturated rings. The Labute approximate surface area is 169 Å². The molecule has 28 heavy (non-hydrogen) atoms. The Bertz CT molecular complexity index is 810. The zero-order valence-corrected chi connectivity index (χ0v) is 16.7. The zero-order chi connectivity index (χ0) is 19.3. The van der Waals surface area contributed by atoms with Crippen LogP contribution in [0.3, 0.4) is 0 Å². The summed E-state index contributed by atoms with van der Waals surface area (Å²) in [5, 5.41) is 1.95. The molecule has 0 bridgehead atoms. The third-order valence-electron chi connectivity index (χ3n) is 5.53. The predicted octanol–water partition coefficient (Wildman–Crippen LogP) is 3.20. The molecule has 0 spiro atoms. The number of benzene rings is 1. The minimum atomic E-state index is -0.00734. The van der Waals surface area contributed by atoms with Gasteiger partial charge in [-0.1, -0.05) is 18.9 Å². The van der Waals surface area contributed by atoms with E-state index in [0.717, 1.165) is 31.4 Å². The highest BCUT2D eigenvalue weighted by Gasteiger charge is 2.30. The summed E-state index contributed by atoms with van der Waals surface area (Å²) in [6, 6.07) is 7.28. The van der Waals surface area contributed by atoms with Gasteiger partial charge < -0.3 is 14.5 Å². The van der Waals surface area contributed by atoms with E-state index in [0.29, 0.717) is 44.1 Å². The fourth-order valence-corrected chi connectivity index (χ4v) is 4.47. The molecular weight excluding hydrogens is 374 g/mol. The molecule has 2 heterocycles. The molecule has 0 atom stereocenters. The number of hydrogen-bond acceptors (Lipinski definition) is 5. The van der Waals surface area contributed by atoms with Crippen molar-refractivity contribution in [3.63, 3.8) is 0 Å². The van der Waals surface area contributed by atoms with Gasteiger partial charge in [-0.05, 0) is 31.0 Å². The molecule has 0 radical (unpaired) electrons. The molecule has 1 saturated heterocycles. The van der Waals surface area contributed by atoms with Gasteiger partial charge in [-0.15, -0.1) is 11.3 Å². The molecule has 1 aromatic heterocycles. The van der Waals surface area contributed by atoms with E-state index in [1.165, 1.54) is 11.3 Å². The van der Waals surface area contributed by atoms with Crippen molar-refractivity contribution in [3.05, 3.63) is 46.4 Å². The standard InChI is InChI=1S/C21H25N3O3S/c25-20(16-4-1-2-5-16)23-8-10-24(11-9-23)21(26)17-6-3-7-19(12-17)27-13-18-14-28-15-22-18/h3,6-7,12,14-16H,1-2,4-5,8-11,13H2. The number of amides is 2. The fourth-order valence-electron chi connectivity index (χ4n) is 3.93. The third kappa shape index (κ3) is 4.35. The monoisotopic (exact) mass is 399 g/mol. The molecule has 6 nitrogen and oxygen atoms in total. The van der Waals surface area contributed by atoms with Crippen molar-refractivity contribution < 1.29 is 14.3 Å². The summed E-state index contributed by atoms with van der Waals surface area (Å²) in [6.07, 6.45) is 4.36. The largest absolute Gasteiger partial charge is 0.487 e. The molecule has 2 aromatic rings. The van der Waals surface area contributed by atoms with Crippen LogP contribution in [0, 0.1) is 5.92 Å². The van der Waals surface area contributed by atoms with Crippen molar-refractivity contribution in [1.82, 2.24) is 14.8 Å². The van der Waals surface area contributed by atoms with E-state index in [1.807, 2.05) is 33.4 Å². The Kier molecular flexibility index (Phi) is 5.90. The molecule has 2 amide bonds. The van der Waals surface area contributed by atoms with Crippen molar-refractivity contribution in [3.8, 4) is 5.75 Å². The van der Waals surface area contributed by atoms with E-state index in [2.05, 4.69) is 4.98 Å². The lowest BCUT2D eigenvalue weighted by atomic mass is 10.1. The van der Waals surface area contributed by atoms with E-state index in [1.54, 1.807) is 11.6 Å². The highest BCUT2D eigenvalue weighted by Crippen LogP contribution is 2.27. The van der Waals surface area contributed by atoms with Gasteiger partial charge >= 0.3 is 0 Å². The SMILES string of the molecule is O=C(c1cccc(OCc2cscn2)c1)N1CCN(C(=O)C2CCCC2)CC1. The van der Waals surface area contributed by atoms with Gasteiger partial charge in [0.15, 0.2) is 0 Å². The Morgan fingerprint density at radius 2 is 1.86 bits per heavy atom. The number of nitrogens with zero attached hydrogens (tertiary/aromatic N) is 3. The van der Waals surface area contributed by atoms with Gasteiger partial charge in [-0.25, -0.2) is 4.98 Å². The van der Waals surface area contributed by atoms with Gasteiger partial charge in [-0.3, -0.25) is 9.59 Å². The maximum absolute atomic E-state index is 12.9. The summed E-state index contributed by atoms with van der Waals surface area (Å²) in [5.74, 6) is 1.14. The van der Waals surface area contributed by atoms with Gasteiger partial charge in [0.25, 0.3) is 5.91 Å². The summed E-state index contributed by atoms with van der Waals surface area (Å²) in [7, 11) is 0. The van der Waals surface area contributed by atoms with E-state index in [-0.39, 0.29) is 17.7 Å². The summed E-state index contributed by atoms with van der Waals surface area (Å²) < 4.78 is 5.75. The smallest absolute Gasteiger partial charge is 0.254 e. The number of thiazole rings is 1. The van der Waals surface area contributed by atoms with Crippen molar-refractivity contribution in [2.24, 2.45) is 5.92 Å². The maximum Gasteiger partial charge on any atom is 0.254 e. The number of piperazine rings is 1. The number of rotatable bonds is 5. The second kappa shape index (κ2) is 8.73. The van der Waals surface area contributed by atoms with Crippen LogP contribution in [0.2, 0.25) is 0 Å². The van der Waals surface area contributed by atoms with Gasteiger partial charge in [0.05, 0.1) is 11.2 Å². The third-order valence-corrected chi connectivity index (χ3v) is 6.17. The van der Waals surface area contributed by atoms with Crippen LogP contribution in [-0.4, -0.2) is 52.8 Å². The van der Waals surface area contributed by atoms with Crippen LogP contribution in [0.4, 0.5) is 0 Å². The van der Waals surface area contributed by atoms with Crippen LogP contribution >= 0.6 is 11.3 Å². The maximum atomic E-state index is 12.9. The molecule has 7 heteroatoms. The van der Waals surface area contributed by atoms with E-state index in [9.17, 15) is 9.59 Å². The number of aromatic nitrogens is 1. The highest BCUT2D eigenvalue weighted by atomic mass is 32.1. The number of carbonyl (C=O) groups excluding carboxylic acids is 2. The minimum absolute atomic E-state index is 0.00734. The molecular formula is C21H25N3O3S. The van der Waals surface area contributed by atoms with Crippen LogP contribution in [0.15, 0.2) is 35.2 Å². The molecule has 4 rings (SSSR count). The van der Waals surface area contributed by atoms with E-state index in [4.69, 9.17) is 4.74 Å². The Morgan fingerprint density at radius 3 is 2.57 bits per heavy atom. The van der Waals surface area contributed by atoms with Crippen molar-refractivity contribution >= 4 is 23.2 Å². The first kappa shape index (κ1) is 18.9. The second-order valence-electron chi connectivity index (χ2n) is 7.40. The highest BCUT2D eigenvalue weighted by molar-refractivity contribution is 7.07. The van der Waals surface area contributed by atoms with Crippen molar-refractivity contribution in [2.45, 2.75) is 32.3 Å². The summed E-state index contributed by atoms with van der Waals surface area (Å²) in [6.45, 7) is 2.81. The van der Waals surface area contributed by atoms with E-state index < -0.39 is 0 Å². The lowest BCUT2D eigenvalue weighted by Crippen LogP contribution is -2.51. The first-order valence-electron chi connectivity index (χ1n) is 9.89. The van der Waals surface area contributed by atoms with Gasteiger partial charge in [0, 0.05) is 43.0 Å². The molecule has 1 aliphatic heterocycles. The number of hydrogen-bond donors (Lipinski definition) is 0. The van der Waals surface area contributed by atoms with Crippen molar-refractivity contribution in [2.75, 3.05) is 26.2 Å². The molecule has 1 aromatic carbocycles. The summed E-state index contributed by atoms with van der Waals surface area (Å²) in [4.78, 5) is 33.4. The fraction of sp³-hybridized carbons (Fsp3) is 0.476. The summed E-state index contributed by atoms with van der Waals surface area (Å²) >= 11 is 1.53.